The molecule has 32 heavy (non-hydrogen) atoms. The van der Waals surface area contributed by atoms with Crippen LogP contribution < -0.4 is 0 Å². The van der Waals surface area contributed by atoms with Gasteiger partial charge in [-0.2, -0.15) is 0 Å². The summed E-state index contributed by atoms with van der Waals surface area (Å²) < 4.78 is 0. The average molecular weight is 447 g/mol. The maximum atomic E-state index is 3.87. The Morgan fingerprint density at radius 1 is 0.688 bits per heavy atom. The summed E-state index contributed by atoms with van der Waals surface area (Å²) in [4.78, 5) is 0. The highest BCUT2D eigenvalue weighted by Gasteiger charge is 1.89. The first-order chi connectivity index (χ1) is 15.1. The van der Waals surface area contributed by atoms with Crippen molar-refractivity contribution in [2.45, 2.75) is 111 Å². The highest BCUT2D eigenvalue weighted by Crippen LogP contribution is 2.10. The van der Waals surface area contributed by atoms with Crippen molar-refractivity contribution in [3.05, 3.63) is 96.2 Å². The van der Waals surface area contributed by atoms with E-state index in [0.29, 0.717) is 0 Å². The fraction of sp³-hybridized carbons (Fsp3) is 0.500. The van der Waals surface area contributed by atoms with Crippen LogP contribution in [0.5, 0.6) is 0 Å². The summed E-state index contributed by atoms with van der Waals surface area (Å²) in [5, 5.41) is 0. The van der Waals surface area contributed by atoms with Gasteiger partial charge in [-0.05, 0) is 61.0 Å². The van der Waals surface area contributed by atoms with E-state index in [1.807, 2.05) is 83.1 Å². The van der Waals surface area contributed by atoms with Gasteiger partial charge in [-0.3, -0.25) is 0 Å². The smallest absolute Gasteiger partial charge is 0.0277 e. The Labute approximate surface area is 207 Å². The third-order valence-electron chi connectivity index (χ3n) is 2.42. The van der Waals surface area contributed by atoms with Crippen molar-refractivity contribution in [2.24, 2.45) is 0 Å². The molecule has 0 aromatic heterocycles. The Hall–Kier alpha value is -2.08. The van der Waals surface area contributed by atoms with Crippen LogP contribution in [0.25, 0.3) is 0 Å². The Kier molecular flexibility index (Phi) is 69.8. The van der Waals surface area contributed by atoms with Gasteiger partial charge in [-0.1, -0.05) is 126 Å². The van der Waals surface area contributed by atoms with Crippen molar-refractivity contribution in [3.63, 3.8) is 0 Å². The highest BCUT2D eigenvalue weighted by molar-refractivity contribution is 5.37. The van der Waals surface area contributed by atoms with Gasteiger partial charge < -0.3 is 0 Å². The zero-order valence-corrected chi connectivity index (χ0v) is 25.3. The molecule has 0 aliphatic carbocycles. The molecule has 0 unspecified atom stereocenters. The average Bonchev–Trinajstić information content (AvgIpc) is 2.78. The lowest BCUT2D eigenvalue weighted by Gasteiger charge is -1.99. The standard InChI is InChI=1S/C10H16.C8H10.C4H8.4C2H6.C2H4/c1-6-10(9(4)5)7-8(2)3;1-7-4-3-5-8(2)6-7;1-4(2)3;5*1-2/h6-7H,4H2,1-3,5H3;3-6H,1-2H3;1H2,2-3H3;4*1-2H3;1-2H2/b10-6+;;;;;;;. The first-order valence-corrected chi connectivity index (χ1v) is 12.2. The minimum atomic E-state index is 1.13. The van der Waals surface area contributed by atoms with Gasteiger partial charge >= 0.3 is 0 Å². The number of rotatable bonds is 2. The van der Waals surface area contributed by atoms with Gasteiger partial charge in [0.05, 0.1) is 0 Å². The van der Waals surface area contributed by atoms with Crippen LogP contribution in [0.4, 0.5) is 0 Å². The summed E-state index contributed by atoms with van der Waals surface area (Å²) in [6, 6.07) is 8.45. The first-order valence-electron chi connectivity index (χ1n) is 12.2. The Bertz CT molecular complexity index is 514. The van der Waals surface area contributed by atoms with Crippen LogP contribution in [-0.2, 0) is 0 Å². The fourth-order valence-corrected chi connectivity index (χ4v) is 1.57. The molecule has 0 saturated heterocycles. The summed E-state index contributed by atoms with van der Waals surface area (Å²) >= 11 is 0. The van der Waals surface area contributed by atoms with E-state index >= 15 is 0 Å². The summed E-state index contributed by atoms with van der Waals surface area (Å²) in [5.41, 5.74) is 7.52. The van der Waals surface area contributed by atoms with Crippen LogP contribution in [0.2, 0.25) is 0 Å². The predicted molar refractivity (Wildman–Crippen MR) is 161 cm³/mol. The maximum Gasteiger partial charge on any atom is -0.0277 e. The molecule has 1 aromatic rings. The number of aryl methyl sites for hydroxylation is 2. The van der Waals surface area contributed by atoms with Gasteiger partial charge in [0.1, 0.15) is 0 Å². The summed E-state index contributed by atoms with van der Waals surface area (Å²) in [6.07, 6.45) is 4.22. The lowest BCUT2D eigenvalue weighted by atomic mass is 10.1. The van der Waals surface area contributed by atoms with Crippen LogP contribution >= 0.6 is 0 Å². The molecule has 0 N–H and O–H groups in total. The van der Waals surface area contributed by atoms with Gasteiger partial charge in [0.25, 0.3) is 0 Å². The number of benzene rings is 1. The third-order valence-corrected chi connectivity index (χ3v) is 2.42. The quantitative estimate of drug-likeness (QED) is 0.313. The molecule has 0 fully saturated rings. The van der Waals surface area contributed by atoms with Crippen LogP contribution in [0.15, 0.2) is 85.0 Å². The molecule has 0 bridgehead atoms. The van der Waals surface area contributed by atoms with Gasteiger partial charge in [0, 0.05) is 0 Å². The molecule has 1 rings (SSSR count). The molecule has 1 aromatic carbocycles. The lowest BCUT2D eigenvalue weighted by molar-refractivity contribution is 1.33. The van der Waals surface area contributed by atoms with E-state index in [0.717, 1.165) is 5.57 Å². The summed E-state index contributed by atoms with van der Waals surface area (Å²) in [6.45, 7) is 45.8. The zero-order chi connectivity index (χ0) is 27.7. The van der Waals surface area contributed by atoms with E-state index < -0.39 is 0 Å². The van der Waals surface area contributed by atoms with E-state index in [2.05, 4.69) is 90.4 Å². The molecule has 0 aliphatic heterocycles. The molecule has 0 radical (unpaired) electrons. The van der Waals surface area contributed by atoms with E-state index in [9.17, 15) is 0 Å². The van der Waals surface area contributed by atoms with Crippen molar-refractivity contribution < 1.29 is 0 Å². The molecule has 0 saturated carbocycles. The minimum absolute atomic E-state index is 1.13. The van der Waals surface area contributed by atoms with E-state index in [4.69, 9.17) is 0 Å². The Morgan fingerprint density at radius 2 is 0.969 bits per heavy atom. The molecular formula is C32H62. The normalized spacial score (nSPS) is 7.44. The fourth-order valence-electron chi connectivity index (χ4n) is 1.57. The zero-order valence-electron chi connectivity index (χ0n) is 25.3. The van der Waals surface area contributed by atoms with Crippen molar-refractivity contribution in [3.8, 4) is 0 Å². The molecular weight excluding hydrogens is 384 g/mol. The molecule has 0 heterocycles. The molecule has 0 nitrogen and oxygen atoms in total. The first kappa shape index (κ1) is 47.6. The largest absolute Gasteiger partial charge is 0.106 e. The van der Waals surface area contributed by atoms with E-state index in [-0.39, 0.29) is 0 Å². The number of hydrogen-bond donors (Lipinski definition) is 0. The molecule has 0 amide bonds. The number of allylic oxidation sites excluding steroid dienone is 6. The molecule has 0 heteroatoms. The second-order valence-corrected chi connectivity index (χ2v) is 6.11. The van der Waals surface area contributed by atoms with E-state index in [1.165, 1.54) is 27.8 Å². The predicted octanol–water partition coefficient (Wildman–Crippen LogP) is 12.3. The maximum absolute atomic E-state index is 3.87. The van der Waals surface area contributed by atoms with Crippen molar-refractivity contribution in [2.75, 3.05) is 0 Å². The van der Waals surface area contributed by atoms with Crippen molar-refractivity contribution in [1.82, 2.24) is 0 Å². The highest BCUT2D eigenvalue weighted by atomic mass is 14.0. The van der Waals surface area contributed by atoms with Crippen molar-refractivity contribution >= 4 is 0 Å². The SMILES string of the molecule is C=C.C=C(C)/C(C=C(C)C)=C/C.C=C(C)C.CC.CC.CC.CC.Cc1cccc(C)c1. The van der Waals surface area contributed by atoms with Crippen LogP contribution in [-0.4, -0.2) is 0 Å². The monoisotopic (exact) mass is 446 g/mol. The topological polar surface area (TPSA) is 0 Å². The molecule has 0 atom stereocenters. The Balaban J connectivity index is -0.0000000508. The van der Waals surface area contributed by atoms with Gasteiger partial charge in [-0.15, -0.1) is 19.7 Å². The summed E-state index contributed by atoms with van der Waals surface area (Å²) in [5.74, 6) is 0. The molecule has 0 aliphatic rings. The van der Waals surface area contributed by atoms with Crippen LogP contribution in [0, 0.1) is 13.8 Å². The minimum Gasteiger partial charge on any atom is -0.106 e. The second-order valence-electron chi connectivity index (χ2n) is 6.11. The van der Waals surface area contributed by atoms with Gasteiger partial charge in [-0.25, -0.2) is 0 Å². The lowest BCUT2D eigenvalue weighted by Crippen LogP contribution is -1.78. The van der Waals surface area contributed by atoms with Gasteiger partial charge in [0.2, 0.25) is 0 Å². The summed E-state index contributed by atoms with van der Waals surface area (Å²) in [7, 11) is 0. The van der Waals surface area contributed by atoms with Crippen molar-refractivity contribution in [1.29, 1.82) is 0 Å². The second kappa shape index (κ2) is 46.9. The van der Waals surface area contributed by atoms with E-state index in [1.54, 1.807) is 0 Å². The number of hydrogen-bond acceptors (Lipinski definition) is 0. The Morgan fingerprint density at radius 3 is 1.06 bits per heavy atom. The van der Waals surface area contributed by atoms with Crippen LogP contribution in [0.3, 0.4) is 0 Å². The molecule has 0 spiro atoms. The third kappa shape index (κ3) is 63.0. The molecule has 190 valence electrons. The van der Waals surface area contributed by atoms with Gasteiger partial charge in [0.15, 0.2) is 0 Å². The van der Waals surface area contributed by atoms with Crippen LogP contribution in [0.1, 0.15) is 108 Å².